The van der Waals surface area contributed by atoms with Gasteiger partial charge in [0.15, 0.2) is 0 Å². The lowest BCUT2D eigenvalue weighted by Gasteiger charge is -2.29. The lowest BCUT2D eigenvalue weighted by molar-refractivity contribution is 0.152. The maximum Gasteiger partial charge on any atom is 0.131 e. The summed E-state index contributed by atoms with van der Waals surface area (Å²) in [7, 11) is 0. The van der Waals surface area contributed by atoms with Crippen molar-refractivity contribution in [2.75, 3.05) is 6.54 Å². The SMILES string of the molecule is C[C@@H](NCC(O)c1c(F)cccc1F)C1CCCCC1. The fourth-order valence-corrected chi connectivity index (χ4v) is 3.03. The van der Waals surface area contributed by atoms with Gasteiger partial charge in [0.05, 0.1) is 11.7 Å². The minimum absolute atomic E-state index is 0.176. The van der Waals surface area contributed by atoms with Gasteiger partial charge in [-0.2, -0.15) is 0 Å². The fourth-order valence-electron chi connectivity index (χ4n) is 3.03. The second-order valence-electron chi connectivity index (χ2n) is 5.75. The molecule has 2 atom stereocenters. The Morgan fingerprint density at radius 3 is 2.40 bits per heavy atom. The number of nitrogens with one attached hydrogen (secondary N) is 1. The third-order valence-corrected chi connectivity index (χ3v) is 4.32. The number of halogens is 2. The molecule has 1 saturated carbocycles. The predicted octanol–water partition coefficient (Wildman–Crippen LogP) is 3.56. The number of hydrogen-bond donors (Lipinski definition) is 2. The second-order valence-corrected chi connectivity index (χ2v) is 5.75. The third-order valence-electron chi connectivity index (χ3n) is 4.32. The lowest BCUT2D eigenvalue weighted by Crippen LogP contribution is -2.37. The van der Waals surface area contributed by atoms with Gasteiger partial charge in [-0.3, -0.25) is 0 Å². The highest BCUT2D eigenvalue weighted by molar-refractivity contribution is 5.22. The molecule has 1 aromatic carbocycles. The van der Waals surface area contributed by atoms with Gasteiger partial charge in [-0.05, 0) is 37.8 Å². The lowest BCUT2D eigenvalue weighted by atomic mass is 9.84. The van der Waals surface area contributed by atoms with E-state index in [2.05, 4.69) is 12.2 Å². The Bertz CT molecular complexity index is 412. The van der Waals surface area contributed by atoms with Crippen molar-refractivity contribution in [2.45, 2.75) is 51.2 Å². The van der Waals surface area contributed by atoms with Gasteiger partial charge in [-0.25, -0.2) is 8.78 Å². The van der Waals surface area contributed by atoms with Crippen LogP contribution in [0.15, 0.2) is 18.2 Å². The first-order valence-electron chi connectivity index (χ1n) is 7.45. The van der Waals surface area contributed by atoms with Gasteiger partial charge >= 0.3 is 0 Å². The van der Waals surface area contributed by atoms with Gasteiger partial charge in [0.25, 0.3) is 0 Å². The average molecular weight is 283 g/mol. The minimum Gasteiger partial charge on any atom is -0.387 e. The molecule has 2 nitrogen and oxygen atoms in total. The van der Waals surface area contributed by atoms with E-state index in [1.807, 2.05) is 0 Å². The zero-order valence-electron chi connectivity index (χ0n) is 11.9. The van der Waals surface area contributed by atoms with Crippen molar-refractivity contribution < 1.29 is 13.9 Å². The molecule has 0 saturated heterocycles. The summed E-state index contributed by atoms with van der Waals surface area (Å²) >= 11 is 0. The average Bonchev–Trinajstić information content (AvgIpc) is 2.45. The van der Waals surface area contributed by atoms with E-state index in [-0.39, 0.29) is 18.2 Å². The van der Waals surface area contributed by atoms with E-state index < -0.39 is 17.7 Å². The highest BCUT2D eigenvalue weighted by Gasteiger charge is 2.22. The van der Waals surface area contributed by atoms with E-state index in [9.17, 15) is 13.9 Å². The highest BCUT2D eigenvalue weighted by Crippen LogP contribution is 2.27. The summed E-state index contributed by atoms with van der Waals surface area (Å²) in [6, 6.07) is 3.91. The van der Waals surface area contributed by atoms with Crippen molar-refractivity contribution in [3.05, 3.63) is 35.4 Å². The summed E-state index contributed by atoms with van der Waals surface area (Å²) < 4.78 is 27.1. The molecular weight excluding hydrogens is 260 g/mol. The van der Waals surface area contributed by atoms with Gasteiger partial charge < -0.3 is 10.4 Å². The molecule has 1 aliphatic carbocycles. The monoisotopic (exact) mass is 283 g/mol. The van der Waals surface area contributed by atoms with Crippen LogP contribution in [0.1, 0.15) is 50.7 Å². The van der Waals surface area contributed by atoms with Crippen molar-refractivity contribution in [1.29, 1.82) is 0 Å². The first-order chi connectivity index (χ1) is 9.59. The van der Waals surface area contributed by atoms with E-state index in [1.165, 1.54) is 50.3 Å². The van der Waals surface area contributed by atoms with Crippen molar-refractivity contribution in [3.63, 3.8) is 0 Å². The molecule has 112 valence electrons. The molecule has 0 spiro atoms. The van der Waals surface area contributed by atoms with Crippen molar-refractivity contribution in [2.24, 2.45) is 5.92 Å². The molecule has 0 bridgehead atoms. The number of rotatable bonds is 5. The zero-order chi connectivity index (χ0) is 14.5. The molecule has 2 N–H and O–H groups in total. The number of aliphatic hydroxyl groups is 1. The minimum atomic E-state index is -1.15. The maximum atomic E-state index is 13.6. The molecule has 0 aromatic heterocycles. The Balaban J connectivity index is 1.89. The van der Waals surface area contributed by atoms with Crippen LogP contribution in [-0.4, -0.2) is 17.7 Å². The van der Waals surface area contributed by atoms with Crippen LogP contribution in [0.25, 0.3) is 0 Å². The number of hydrogen-bond acceptors (Lipinski definition) is 2. The first kappa shape index (κ1) is 15.4. The van der Waals surface area contributed by atoms with Crippen molar-refractivity contribution in [3.8, 4) is 0 Å². The molecule has 0 amide bonds. The maximum absolute atomic E-state index is 13.6. The van der Waals surface area contributed by atoms with Crippen LogP contribution >= 0.6 is 0 Å². The van der Waals surface area contributed by atoms with Crippen LogP contribution in [-0.2, 0) is 0 Å². The van der Waals surface area contributed by atoms with Crippen LogP contribution in [0.5, 0.6) is 0 Å². The van der Waals surface area contributed by atoms with Gasteiger partial charge in [0.2, 0.25) is 0 Å². The molecule has 2 rings (SSSR count). The topological polar surface area (TPSA) is 32.3 Å². The quantitative estimate of drug-likeness (QED) is 0.866. The van der Waals surface area contributed by atoms with Gasteiger partial charge in [-0.15, -0.1) is 0 Å². The van der Waals surface area contributed by atoms with Crippen LogP contribution in [0.2, 0.25) is 0 Å². The molecule has 1 unspecified atom stereocenters. The van der Waals surface area contributed by atoms with E-state index in [0.29, 0.717) is 5.92 Å². The van der Waals surface area contributed by atoms with Crippen LogP contribution in [0, 0.1) is 17.6 Å². The molecule has 1 aromatic rings. The third kappa shape index (κ3) is 3.76. The number of benzene rings is 1. The van der Waals surface area contributed by atoms with E-state index in [1.54, 1.807) is 0 Å². The first-order valence-corrected chi connectivity index (χ1v) is 7.45. The summed E-state index contributed by atoms with van der Waals surface area (Å²) in [4.78, 5) is 0. The molecule has 20 heavy (non-hydrogen) atoms. The summed E-state index contributed by atoms with van der Waals surface area (Å²) in [6.07, 6.45) is 5.04. The number of aliphatic hydroxyl groups excluding tert-OH is 1. The molecule has 0 aliphatic heterocycles. The van der Waals surface area contributed by atoms with Crippen LogP contribution in [0.3, 0.4) is 0 Å². The Kier molecular flexibility index (Phi) is 5.49. The standard InChI is InChI=1S/C16H23F2NO/c1-11(12-6-3-2-4-7-12)19-10-15(20)16-13(17)8-5-9-14(16)18/h5,8-9,11-12,15,19-20H,2-4,6-7,10H2,1H3/t11-,15?/m1/s1. The second kappa shape index (κ2) is 7.14. The molecule has 0 radical (unpaired) electrons. The van der Waals surface area contributed by atoms with E-state index in [0.717, 1.165) is 0 Å². The highest BCUT2D eigenvalue weighted by atomic mass is 19.1. The van der Waals surface area contributed by atoms with Crippen molar-refractivity contribution in [1.82, 2.24) is 5.32 Å². The summed E-state index contributed by atoms with van der Waals surface area (Å²) in [6.45, 7) is 2.26. The largest absolute Gasteiger partial charge is 0.387 e. The fraction of sp³-hybridized carbons (Fsp3) is 0.625. The Morgan fingerprint density at radius 1 is 1.20 bits per heavy atom. The summed E-state index contributed by atoms with van der Waals surface area (Å²) in [5.74, 6) is -0.782. The molecule has 0 heterocycles. The Hall–Kier alpha value is -1.00. The van der Waals surface area contributed by atoms with Gasteiger partial charge in [0.1, 0.15) is 11.6 Å². The van der Waals surface area contributed by atoms with Crippen molar-refractivity contribution >= 4 is 0 Å². The molecule has 1 aliphatic rings. The van der Waals surface area contributed by atoms with E-state index >= 15 is 0 Å². The molecule has 1 fully saturated rings. The van der Waals surface area contributed by atoms with Gasteiger partial charge in [-0.1, -0.05) is 25.3 Å². The summed E-state index contributed by atoms with van der Waals surface area (Å²) in [5.41, 5.74) is -0.240. The predicted molar refractivity (Wildman–Crippen MR) is 75.4 cm³/mol. The Labute approximate surface area is 119 Å². The molecule has 4 heteroatoms. The van der Waals surface area contributed by atoms with E-state index in [4.69, 9.17) is 0 Å². The summed E-state index contributed by atoms with van der Waals surface area (Å²) in [5, 5.41) is 13.2. The van der Waals surface area contributed by atoms with Crippen LogP contribution < -0.4 is 5.32 Å². The van der Waals surface area contributed by atoms with Crippen LogP contribution in [0.4, 0.5) is 8.78 Å². The zero-order valence-corrected chi connectivity index (χ0v) is 11.9. The molecular formula is C16H23F2NO. The smallest absolute Gasteiger partial charge is 0.131 e. The Morgan fingerprint density at radius 2 is 1.80 bits per heavy atom. The van der Waals surface area contributed by atoms with Gasteiger partial charge in [0, 0.05) is 12.6 Å². The normalized spacial score (nSPS) is 19.8.